The summed E-state index contributed by atoms with van der Waals surface area (Å²) in [6, 6.07) is 4.21. The Bertz CT molecular complexity index is 959. The van der Waals surface area contributed by atoms with E-state index in [0.29, 0.717) is 10.3 Å². The number of nitrogens with zero attached hydrogens (tertiary/aromatic N) is 3. The molecule has 0 fully saturated rings. The molecule has 1 aromatic carbocycles. The number of hydrogen-bond acceptors (Lipinski definition) is 4. The molecule has 0 amide bonds. The lowest BCUT2D eigenvalue weighted by molar-refractivity contribution is -0.604. The highest BCUT2D eigenvalue weighted by Crippen LogP contribution is 2.19. The summed E-state index contributed by atoms with van der Waals surface area (Å²) < 4.78 is 20.1. The zero-order chi connectivity index (χ0) is 16.6. The van der Waals surface area contributed by atoms with Crippen LogP contribution >= 0.6 is 11.6 Å². The summed E-state index contributed by atoms with van der Waals surface area (Å²) in [4.78, 5) is 16.7. The minimum atomic E-state index is -0.527. The summed E-state index contributed by atoms with van der Waals surface area (Å²) in [6.07, 6.45) is 3.67. The Labute approximate surface area is 134 Å². The van der Waals surface area contributed by atoms with Gasteiger partial charge in [-0.2, -0.15) is 4.73 Å². The molecule has 23 heavy (non-hydrogen) atoms. The zero-order valence-corrected chi connectivity index (χ0v) is 12.7. The van der Waals surface area contributed by atoms with Crippen LogP contribution in [0.3, 0.4) is 0 Å². The first-order chi connectivity index (χ1) is 11.0. The molecule has 3 rings (SSSR count). The maximum absolute atomic E-state index is 13.2. The van der Waals surface area contributed by atoms with E-state index in [1.165, 1.54) is 42.4 Å². The van der Waals surface area contributed by atoms with Gasteiger partial charge in [-0.25, -0.2) is 9.37 Å². The van der Waals surface area contributed by atoms with Crippen molar-refractivity contribution in [1.82, 2.24) is 9.55 Å². The SMILES string of the molecule is COc1c[n+]([O-])cc2ncn(Cc3ccc(F)c(Cl)c3)c(=O)c12. The molecule has 0 aliphatic rings. The van der Waals surface area contributed by atoms with E-state index in [-0.39, 0.29) is 33.8 Å². The molecule has 2 heterocycles. The monoisotopic (exact) mass is 335 g/mol. The molecule has 0 radical (unpaired) electrons. The topological polar surface area (TPSA) is 71.1 Å². The molecule has 8 heteroatoms. The highest BCUT2D eigenvalue weighted by molar-refractivity contribution is 6.30. The molecule has 6 nitrogen and oxygen atoms in total. The minimum absolute atomic E-state index is 0.0192. The van der Waals surface area contributed by atoms with Crippen LogP contribution in [-0.4, -0.2) is 16.7 Å². The van der Waals surface area contributed by atoms with Crippen LogP contribution in [0.15, 0.2) is 41.7 Å². The fourth-order valence-electron chi connectivity index (χ4n) is 2.27. The Balaban J connectivity index is 2.12. The summed E-state index contributed by atoms with van der Waals surface area (Å²) in [5, 5.41) is 11.6. The van der Waals surface area contributed by atoms with Gasteiger partial charge in [0.2, 0.25) is 12.4 Å². The molecule has 0 aliphatic heterocycles. The van der Waals surface area contributed by atoms with E-state index in [2.05, 4.69) is 4.98 Å². The lowest BCUT2D eigenvalue weighted by Gasteiger charge is -2.09. The number of pyridine rings is 1. The summed E-state index contributed by atoms with van der Waals surface area (Å²) >= 11 is 5.74. The Morgan fingerprint density at radius 2 is 2.22 bits per heavy atom. The second kappa shape index (κ2) is 5.85. The van der Waals surface area contributed by atoms with Gasteiger partial charge in [0.05, 0.1) is 25.0 Å². The third kappa shape index (κ3) is 2.83. The van der Waals surface area contributed by atoms with Crippen molar-refractivity contribution < 1.29 is 13.9 Å². The number of methoxy groups -OCH3 is 1. The summed E-state index contributed by atoms with van der Waals surface area (Å²) in [6.45, 7) is 0.164. The molecule has 0 aliphatic carbocycles. The lowest BCUT2D eigenvalue weighted by atomic mass is 10.2. The normalized spacial score (nSPS) is 10.9. The van der Waals surface area contributed by atoms with E-state index >= 15 is 0 Å². The predicted octanol–water partition coefficient (Wildman–Crippen LogP) is 1.88. The van der Waals surface area contributed by atoms with Gasteiger partial charge < -0.3 is 9.94 Å². The molecule has 0 unspecified atom stereocenters. The molecule has 0 atom stereocenters. The average Bonchev–Trinajstić information content (AvgIpc) is 2.52. The molecule has 0 saturated heterocycles. The fraction of sp³-hybridized carbons (Fsp3) is 0.133. The number of benzene rings is 1. The van der Waals surface area contributed by atoms with Crippen molar-refractivity contribution in [2.75, 3.05) is 7.11 Å². The van der Waals surface area contributed by atoms with Crippen LogP contribution in [0.5, 0.6) is 5.75 Å². The molecule has 0 bridgehead atoms. The Morgan fingerprint density at radius 3 is 2.91 bits per heavy atom. The maximum Gasteiger partial charge on any atom is 0.265 e. The molecule has 0 saturated carbocycles. The van der Waals surface area contributed by atoms with Gasteiger partial charge in [-0.1, -0.05) is 17.7 Å². The first-order valence-corrected chi connectivity index (χ1v) is 6.97. The predicted molar refractivity (Wildman–Crippen MR) is 82.0 cm³/mol. The third-order valence-electron chi connectivity index (χ3n) is 3.36. The van der Waals surface area contributed by atoms with E-state index in [1.807, 2.05) is 0 Å². The zero-order valence-electron chi connectivity index (χ0n) is 12.0. The smallest absolute Gasteiger partial charge is 0.265 e. The van der Waals surface area contributed by atoms with Gasteiger partial charge in [-0.15, -0.1) is 0 Å². The molecular formula is C15H11ClFN3O3. The quantitative estimate of drug-likeness (QED) is 0.541. The van der Waals surface area contributed by atoms with Crippen molar-refractivity contribution in [3.05, 3.63) is 68.9 Å². The standard InChI is InChI=1S/C15H11ClFN3O3/c1-23-13-7-20(22)6-12-14(13)15(21)19(8-18-12)5-9-2-3-11(17)10(16)4-9/h2-4,6-8H,5H2,1H3. The summed E-state index contributed by atoms with van der Waals surface area (Å²) in [5.74, 6) is -0.387. The number of halogens is 2. The number of rotatable bonds is 3. The van der Waals surface area contributed by atoms with E-state index in [9.17, 15) is 14.4 Å². The van der Waals surface area contributed by atoms with Crippen LogP contribution in [0.1, 0.15) is 5.56 Å². The van der Waals surface area contributed by atoms with Crippen molar-refractivity contribution in [2.45, 2.75) is 6.54 Å². The Kier molecular flexibility index (Phi) is 3.87. The van der Waals surface area contributed by atoms with Gasteiger partial charge in [0.15, 0.2) is 5.75 Å². The van der Waals surface area contributed by atoms with Gasteiger partial charge in [0.25, 0.3) is 5.56 Å². The molecule has 0 N–H and O–H groups in total. The van der Waals surface area contributed by atoms with E-state index in [1.54, 1.807) is 0 Å². The van der Waals surface area contributed by atoms with Crippen LogP contribution < -0.4 is 15.0 Å². The van der Waals surface area contributed by atoms with Gasteiger partial charge in [0.1, 0.15) is 16.7 Å². The highest BCUT2D eigenvalue weighted by Gasteiger charge is 2.15. The largest absolute Gasteiger partial charge is 0.619 e. The van der Waals surface area contributed by atoms with Crippen LogP contribution in [-0.2, 0) is 6.54 Å². The van der Waals surface area contributed by atoms with Crippen molar-refractivity contribution in [3.8, 4) is 5.75 Å². The Hall–Kier alpha value is -2.67. The summed E-state index contributed by atoms with van der Waals surface area (Å²) in [5.41, 5.74) is 0.513. The van der Waals surface area contributed by atoms with Gasteiger partial charge in [0, 0.05) is 0 Å². The second-order valence-corrected chi connectivity index (χ2v) is 5.28. The minimum Gasteiger partial charge on any atom is -0.619 e. The van der Waals surface area contributed by atoms with Crippen molar-refractivity contribution in [2.24, 2.45) is 0 Å². The lowest BCUT2D eigenvalue weighted by Crippen LogP contribution is -2.28. The molecular weight excluding hydrogens is 325 g/mol. The summed E-state index contributed by atoms with van der Waals surface area (Å²) in [7, 11) is 1.37. The first kappa shape index (κ1) is 15.2. The Morgan fingerprint density at radius 1 is 1.43 bits per heavy atom. The number of aromatic nitrogens is 3. The van der Waals surface area contributed by atoms with E-state index in [0.717, 1.165) is 6.20 Å². The van der Waals surface area contributed by atoms with E-state index in [4.69, 9.17) is 16.3 Å². The van der Waals surface area contributed by atoms with Gasteiger partial charge >= 0.3 is 0 Å². The van der Waals surface area contributed by atoms with Gasteiger partial charge in [-0.3, -0.25) is 9.36 Å². The first-order valence-electron chi connectivity index (χ1n) is 6.59. The van der Waals surface area contributed by atoms with Gasteiger partial charge in [-0.05, 0) is 17.7 Å². The van der Waals surface area contributed by atoms with Crippen molar-refractivity contribution in [1.29, 1.82) is 0 Å². The molecule has 2 aromatic heterocycles. The second-order valence-electron chi connectivity index (χ2n) is 4.87. The van der Waals surface area contributed by atoms with Crippen molar-refractivity contribution >= 4 is 22.5 Å². The highest BCUT2D eigenvalue weighted by atomic mass is 35.5. The number of hydrogen-bond donors (Lipinski definition) is 0. The fourth-order valence-corrected chi connectivity index (χ4v) is 2.47. The third-order valence-corrected chi connectivity index (χ3v) is 3.65. The maximum atomic E-state index is 13.2. The average molecular weight is 336 g/mol. The van der Waals surface area contributed by atoms with Crippen LogP contribution in [0.4, 0.5) is 4.39 Å². The van der Waals surface area contributed by atoms with Crippen LogP contribution in [0.2, 0.25) is 5.02 Å². The van der Waals surface area contributed by atoms with Crippen LogP contribution in [0, 0.1) is 11.0 Å². The molecule has 3 aromatic rings. The number of ether oxygens (including phenoxy) is 1. The molecule has 0 spiro atoms. The molecule has 118 valence electrons. The number of fused-ring (bicyclic) bond motifs is 1. The van der Waals surface area contributed by atoms with E-state index < -0.39 is 5.82 Å². The van der Waals surface area contributed by atoms with Crippen LogP contribution in [0.25, 0.3) is 10.9 Å². The van der Waals surface area contributed by atoms with Crippen molar-refractivity contribution in [3.63, 3.8) is 0 Å².